The summed E-state index contributed by atoms with van der Waals surface area (Å²) in [5.74, 6) is 0.654. The molecule has 3 aromatic rings. The van der Waals surface area contributed by atoms with E-state index in [0.29, 0.717) is 48.2 Å². The monoisotopic (exact) mass is 455 g/mol. The molecule has 1 aliphatic heterocycles. The molecule has 0 aliphatic carbocycles. The number of rotatable bonds is 8. The first kappa shape index (κ1) is 22.2. The van der Waals surface area contributed by atoms with Crippen LogP contribution in [0.1, 0.15) is 46.6 Å². The van der Waals surface area contributed by atoms with Crippen LogP contribution in [0.15, 0.2) is 36.4 Å². The topological polar surface area (TPSA) is 87.7 Å². The molecule has 8 heteroatoms. The van der Waals surface area contributed by atoms with Crippen LogP contribution < -0.4 is 4.74 Å². The summed E-state index contributed by atoms with van der Waals surface area (Å²) in [7, 11) is 1.64. The van der Waals surface area contributed by atoms with Gasteiger partial charge < -0.3 is 19.5 Å². The number of ether oxygens (including phenoxy) is 2. The summed E-state index contributed by atoms with van der Waals surface area (Å²) in [6, 6.07) is 10.6. The molecule has 1 aromatic heterocycles. The van der Waals surface area contributed by atoms with Crippen molar-refractivity contribution < 1.29 is 19.4 Å². The van der Waals surface area contributed by atoms with Crippen molar-refractivity contribution in [2.24, 2.45) is 0 Å². The molecule has 1 unspecified atom stereocenters. The number of hydrogen-bond donors (Lipinski definition) is 2. The maximum absolute atomic E-state index is 13.3. The molecule has 1 aliphatic rings. The van der Waals surface area contributed by atoms with E-state index in [-0.39, 0.29) is 17.7 Å². The van der Waals surface area contributed by atoms with Gasteiger partial charge in [0.15, 0.2) is 0 Å². The van der Waals surface area contributed by atoms with Crippen LogP contribution in [-0.2, 0) is 4.74 Å². The number of aryl methyl sites for hydroxylation is 1. The summed E-state index contributed by atoms with van der Waals surface area (Å²) in [5.41, 5.74) is 3.79. The maximum atomic E-state index is 13.3. The number of amides is 1. The summed E-state index contributed by atoms with van der Waals surface area (Å²) in [5, 5.41) is 18.5. The summed E-state index contributed by atoms with van der Waals surface area (Å²) >= 11 is 6.35. The van der Waals surface area contributed by atoms with E-state index in [1.807, 2.05) is 43.0 Å². The lowest BCUT2D eigenvalue weighted by Gasteiger charge is -2.26. The van der Waals surface area contributed by atoms with Gasteiger partial charge in [-0.25, -0.2) is 0 Å². The molecule has 1 atom stereocenters. The second-order valence-electron chi connectivity index (χ2n) is 7.73. The third-order valence-electron chi connectivity index (χ3n) is 5.63. The average molecular weight is 456 g/mol. The fraction of sp³-hybridized carbons (Fsp3) is 0.333. The molecule has 7 nitrogen and oxygen atoms in total. The number of nitrogens with one attached hydrogen (secondary N) is 1. The van der Waals surface area contributed by atoms with Crippen LogP contribution in [-0.4, -0.2) is 53.0 Å². The van der Waals surface area contributed by atoms with Crippen molar-refractivity contribution in [3.63, 3.8) is 0 Å². The predicted molar refractivity (Wildman–Crippen MR) is 122 cm³/mol. The smallest absolute Gasteiger partial charge is 0.273 e. The number of methoxy groups -OCH3 is 1. The van der Waals surface area contributed by atoms with Crippen LogP contribution in [0, 0.1) is 6.92 Å². The number of halogens is 1. The number of phenols is 1. The summed E-state index contributed by atoms with van der Waals surface area (Å²) < 4.78 is 10.9. The molecule has 0 saturated heterocycles. The number of H-pyrrole nitrogens is 1. The number of carbonyl (C=O) groups excluding carboxylic acids is 1. The zero-order valence-electron chi connectivity index (χ0n) is 18.3. The lowest BCUT2D eigenvalue weighted by atomic mass is 9.95. The first-order valence-corrected chi connectivity index (χ1v) is 10.9. The minimum atomic E-state index is -0.386. The minimum Gasteiger partial charge on any atom is -0.507 e. The Morgan fingerprint density at radius 3 is 2.84 bits per heavy atom. The number of aromatic nitrogens is 2. The van der Waals surface area contributed by atoms with Gasteiger partial charge in [0.2, 0.25) is 0 Å². The van der Waals surface area contributed by atoms with Crippen molar-refractivity contribution in [2.75, 3.05) is 26.9 Å². The third kappa shape index (κ3) is 3.94. The Balaban J connectivity index is 1.86. The Hall–Kier alpha value is -3.03. The van der Waals surface area contributed by atoms with E-state index in [1.54, 1.807) is 19.2 Å². The Bertz CT molecular complexity index is 1140. The van der Waals surface area contributed by atoms with E-state index in [1.165, 1.54) is 0 Å². The highest BCUT2D eigenvalue weighted by Crippen LogP contribution is 2.45. The number of fused-ring (bicyclic) bond motifs is 1. The molecule has 0 saturated carbocycles. The van der Waals surface area contributed by atoms with Crippen molar-refractivity contribution in [3.05, 3.63) is 63.8 Å². The molecule has 1 amide bonds. The van der Waals surface area contributed by atoms with Crippen LogP contribution in [0.2, 0.25) is 5.02 Å². The molecule has 32 heavy (non-hydrogen) atoms. The summed E-state index contributed by atoms with van der Waals surface area (Å²) in [6.45, 7) is 5.35. The van der Waals surface area contributed by atoms with Crippen LogP contribution in [0.25, 0.3) is 11.3 Å². The fourth-order valence-corrected chi connectivity index (χ4v) is 4.32. The van der Waals surface area contributed by atoms with Gasteiger partial charge in [-0.1, -0.05) is 23.7 Å². The normalized spacial score (nSPS) is 15.3. The standard InChI is InChI=1S/C24H26ClN3O4/c1-4-32-16-8-5-7-15(12-16)23-20-21(17-13-18(25)14(2)11-19(17)29)26-27-22(20)24(30)28(23)9-6-10-31-3/h5,7-8,11-13,23,29H,4,6,9-10H2,1-3H3,(H,26,27). The minimum absolute atomic E-state index is 0.0632. The zero-order valence-corrected chi connectivity index (χ0v) is 19.1. The number of nitrogens with zero attached hydrogens (tertiary/aromatic N) is 2. The highest BCUT2D eigenvalue weighted by Gasteiger charge is 2.42. The number of hydrogen-bond acceptors (Lipinski definition) is 5. The number of aromatic amines is 1. The number of benzene rings is 2. The lowest BCUT2D eigenvalue weighted by molar-refractivity contribution is 0.0723. The van der Waals surface area contributed by atoms with Crippen molar-refractivity contribution in [1.82, 2.24) is 15.1 Å². The second kappa shape index (κ2) is 9.22. The lowest BCUT2D eigenvalue weighted by Crippen LogP contribution is -2.31. The van der Waals surface area contributed by atoms with Crippen LogP contribution in [0.4, 0.5) is 0 Å². The second-order valence-corrected chi connectivity index (χ2v) is 8.14. The molecule has 168 valence electrons. The highest BCUT2D eigenvalue weighted by molar-refractivity contribution is 6.31. The SMILES string of the molecule is CCOc1cccc(C2c3c(-c4cc(Cl)c(C)cc4O)n[nH]c3C(=O)N2CCCOC)c1. The quantitative estimate of drug-likeness (QED) is 0.479. The van der Waals surface area contributed by atoms with Crippen molar-refractivity contribution in [3.8, 4) is 22.8 Å². The Kier molecular flexibility index (Phi) is 6.39. The van der Waals surface area contributed by atoms with E-state index in [4.69, 9.17) is 21.1 Å². The van der Waals surface area contributed by atoms with Crippen LogP contribution in [0.5, 0.6) is 11.5 Å². The number of carbonyl (C=O) groups is 1. The van der Waals surface area contributed by atoms with Gasteiger partial charge in [0.25, 0.3) is 5.91 Å². The molecular formula is C24H26ClN3O4. The van der Waals surface area contributed by atoms with Gasteiger partial charge in [-0.05, 0) is 55.7 Å². The van der Waals surface area contributed by atoms with E-state index in [2.05, 4.69) is 10.2 Å². The zero-order chi connectivity index (χ0) is 22.8. The van der Waals surface area contributed by atoms with Crippen LogP contribution >= 0.6 is 11.6 Å². The van der Waals surface area contributed by atoms with E-state index in [0.717, 1.165) is 22.4 Å². The summed E-state index contributed by atoms with van der Waals surface area (Å²) in [4.78, 5) is 15.1. The van der Waals surface area contributed by atoms with Crippen molar-refractivity contribution in [1.29, 1.82) is 0 Å². The van der Waals surface area contributed by atoms with Gasteiger partial charge in [-0.2, -0.15) is 5.10 Å². The summed E-state index contributed by atoms with van der Waals surface area (Å²) in [6.07, 6.45) is 0.693. The van der Waals surface area contributed by atoms with Crippen LogP contribution in [0.3, 0.4) is 0 Å². The largest absolute Gasteiger partial charge is 0.507 e. The Labute approximate surface area is 191 Å². The number of phenolic OH excluding ortho intramolecular Hbond substituents is 1. The van der Waals surface area contributed by atoms with Gasteiger partial charge in [0.05, 0.1) is 12.6 Å². The van der Waals surface area contributed by atoms with Crippen molar-refractivity contribution in [2.45, 2.75) is 26.3 Å². The predicted octanol–water partition coefficient (Wildman–Crippen LogP) is 4.72. The molecule has 0 fully saturated rings. The molecular weight excluding hydrogens is 430 g/mol. The fourth-order valence-electron chi connectivity index (χ4n) is 4.16. The van der Waals surface area contributed by atoms with Gasteiger partial charge in [0.1, 0.15) is 22.9 Å². The van der Waals surface area contributed by atoms with Crippen molar-refractivity contribution >= 4 is 17.5 Å². The molecule has 2 N–H and O–H groups in total. The Morgan fingerprint density at radius 2 is 2.09 bits per heavy atom. The molecule has 4 rings (SSSR count). The van der Waals surface area contributed by atoms with Gasteiger partial charge in [-0.3, -0.25) is 9.89 Å². The molecule has 2 aromatic carbocycles. The average Bonchev–Trinajstić information content (AvgIpc) is 3.31. The number of aromatic hydroxyl groups is 1. The first-order valence-electron chi connectivity index (χ1n) is 10.6. The van der Waals surface area contributed by atoms with E-state index in [9.17, 15) is 9.90 Å². The third-order valence-corrected chi connectivity index (χ3v) is 6.04. The van der Waals surface area contributed by atoms with Gasteiger partial charge >= 0.3 is 0 Å². The molecule has 0 spiro atoms. The molecule has 0 bridgehead atoms. The highest BCUT2D eigenvalue weighted by atomic mass is 35.5. The van der Waals surface area contributed by atoms with E-state index >= 15 is 0 Å². The van der Waals surface area contributed by atoms with E-state index < -0.39 is 0 Å². The van der Waals surface area contributed by atoms with Gasteiger partial charge in [-0.15, -0.1) is 0 Å². The molecule has 2 heterocycles. The molecule has 0 radical (unpaired) electrons. The van der Waals surface area contributed by atoms with Gasteiger partial charge in [0, 0.05) is 36.4 Å². The first-order chi connectivity index (χ1) is 15.5. The Morgan fingerprint density at radius 1 is 1.28 bits per heavy atom. The maximum Gasteiger partial charge on any atom is 0.273 e.